The van der Waals surface area contributed by atoms with Crippen LogP contribution in [0.25, 0.3) is 0 Å². The molecule has 0 fully saturated rings. The maximum atomic E-state index is 12.2. The van der Waals surface area contributed by atoms with E-state index in [-0.39, 0.29) is 24.9 Å². The number of amides is 1. The average Bonchev–Trinajstić information content (AvgIpc) is 2.58. The molecule has 6 heteroatoms. The number of aromatic nitrogens is 2. The Kier molecular flexibility index (Phi) is 4.47. The van der Waals surface area contributed by atoms with Crippen molar-refractivity contribution in [1.82, 2.24) is 14.7 Å². The smallest absolute Gasteiger partial charge is 0.305 e. The molecule has 1 N–H and O–H groups in total. The third-order valence-electron chi connectivity index (χ3n) is 2.78. The van der Waals surface area contributed by atoms with Crippen LogP contribution in [0.1, 0.15) is 36.5 Å². The van der Waals surface area contributed by atoms with Gasteiger partial charge in [-0.25, -0.2) is 0 Å². The summed E-state index contributed by atoms with van der Waals surface area (Å²) in [6.45, 7) is 5.77. The molecule has 0 saturated carbocycles. The molecular formula is C12H19N3O3. The number of aryl methyl sites for hydroxylation is 2. The highest BCUT2D eigenvalue weighted by molar-refractivity contribution is 5.92. The van der Waals surface area contributed by atoms with E-state index in [9.17, 15) is 9.59 Å². The van der Waals surface area contributed by atoms with Gasteiger partial charge in [0.25, 0.3) is 5.91 Å². The second-order valence-electron chi connectivity index (χ2n) is 4.53. The molecule has 6 nitrogen and oxygen atoms in total. The van der Waals surface area contributed by atoms with Crippen LogP contribution in [0, 0.1) is 6.92 Å². The average molecular weight is 253 g/mol. The van der Waals surface area contributed by atoms with Gasteiger partial charge in [0, 0.05) is 25.3 Å². The topological polar surface area (TPSA) is 75.4 Å². The van der Waals surface area contributed by atoms with E-state index in [1.54, 1.807) is 17.8 Å². The number of hydrogen-bond donors (Lipinski definition) is 1. The fraction of sp³-hybridized carbons (Fsp3) is 0.583. The van der Waals surface area contributed by atoms with Crippen molar-refractivity contribution in [2.45, 2.75) is 33.2 Å². The van der Waals surface area contributed by atoms with Gasteiger partial charge >= 0.3 is 5.97 Å². The molecule has 0 aliphatic carbocycles. The van der Waals surface area contributed by atoms with Crippen molar-refractivity contribution in [2.75, 3.05) is 6.54 Å². The second kappa shape index (κ2) is 5.66. The Labute approximate surface area is 106 Å². The summed E-state index contributed by atoms with van der Waals surface area (Å²) in [5.41, 5.74) is 1.24. The van der Waals surface area contributed by atoms with Crippen LogP contribution in [0.4, 0.5) is 0 Å². The Morgan fingerprint density at radius 1 is 1.50 bits per heavy atom. The van der Waals surface area contributed by atoms with Gasteiger partial charge < -0.3 is 10.0 Å². The molecule has 1 amide bonds. The van der Waals surface area contributed by atoms with Crippen LogP contribution in [0.15, 0.2) is 6.07 Å². The van der Waals surface area contributed by atoms with Gasteiger partial charge in [-0.3, -0.25) is 14.3 Å². The van der Waals surface area contributed by atoms with Crippen LogP contribution < -0.4 is 0 Å². The highest BCUT2D eigenvalue weighted by Crippen LogP contribution is 2.09. The molecule has 0 saturated heterocycles. The largest absolute Gasteiger partial charge is 0.481 e. The Balaban J connectivity index is 2.85. The minimum atomic E-state index is -0.911. The molecule has 0 atom stereocenters. The fourth-order valence-electron chi connectivity index (χ4n) is 1.62. The number of aliphatic carboxylic acids is 1. The van der Waals surface area contributed by atoms with Gasteiger partial charge in [0.1, 0.15) is 0 Å². The molecule has 1 rings (SSSR count). The quantitative estimate of drug-likeness (QED) is 0.851. The van der Waals surface area contributed by atoms with Crippen molar-refractivity contribution in [3.63, 3.8) is 0 Å². The Morgan fingerprint density at radius 3 is 2.50 bits per heavy atom. The molecular weight excluding hydrogens is 234 g/mol. The van der Waals surface area contributed by atoms with Gasteiger partial charge in [0.2, 0.25) is 0 Å². The lowest BCUT2D eigenvalue weighted by atomic mass is 10.2. The number of rotatable bonds is 5. The molecule has 100 valence electrons. The Morgan fingerprint density at radius 2 is 2.11 bits per heavy atom. The second-order valence-corrected chi connectivity index (χ2v) is 4.53. The van der Waals surface area contributed by atoms with E-state index in [0.717, 1.165) is 5.69 Å². The molecule has 0 radical (unpaired) electrons. The normalized spacial score (nSPS) is 10.7. The standard InChI is InChI=1S/C12H19N3O3/c1-8(2)15(6-5-11(16)17)12(18)10-7-9(3)14(4)13-10/h7-8H,5-6H2,1-4H3,(H,16,17). The predicted molar refractivity (Wildman–Crippen MR) is 66.4 cm³/mol. The monoisotopic (exact) mass is 253 g/mol. The van der Waals surface area contributed by atoms with Crippen molar-refractivity contribution >= 4 is 11.9 Å². The molecule has 1 heterocycles. The lowest BCUT2D eigenvalue weighted by molar-refractivity contribution is -0.137. The summed E-state index contributed by atoms with van der Waals surface area (Å²) in [7, 11) is 1.77. The molecule has 0 bridgehead atoms. The first-order valence-electron chi connectivity index (χ1n) is 5.86. The summed E-state index contributed by atoms with van der Waals surface area (Å²) in [4.78, 5) is 24.3. The van der Waals surface area contributed by atoms with Crippen LogP contribution in [0.2, 0.25) is 0 Å². The highest BCUT2D eigenvalue weighted by Gasteiger charge is 2.22. The van der Waals surface area contributed by atoms with E-state index in [1.807, 2.05) is 20.8 Å². The van der Waals surface area contributed by atoms with Gasteiger partial charge in [0.05, 0.1) is 6.42 Å². The van der Waals surface area contributed by atoms with E-state index >= 15 is 0 Å². The van der Waals surface area contributed by atoms with Gasteiger partial charge in [-0.1, -0.05) is 0 Å². The first-order chi connectivity index (χ1) is 8.32. The molecule has 0 aromatic carbocycles. The molecule has 1 aromatic rings. The summed E-state index contributed by atoms with van der Waals surface area (Å²) in [6, 6.07) is 1.65. The van der Waals surface area contributed by atoms with Crippen molar-refractivity contribution in [2.24, 2.45) is 7.05 Å². The van der Waals surface area contributed by atoms with Crippen LogP contribution in [-0.4, -0.2) is 44.3 Å². The molecule has 0 aliphatic rings. The number of carboxylic acid groups (broad SMARTS) is 1. The predicted octanol–water partition coefficient (Wildman–Crippen LogP) is 1.05. The van der Waals surface area contributed by atoms with E-state index in [4.69, 9.17) is 5.11 Å². The van der Waals surface area contributed by atoms with Crippen molar-refractivity contribution in [3.05, 3.63) is 17.5 Å². The Bertz CT molecular complexity index is 432. The van der Waals surface area contributed by atoms with Gasteiger partial charge in [-0.05, 0) is 26.8 Å². The fourth-order valence-corrected chi connectivity index (χ4v) is 1.62. The SMILES string of the molecule is Cc1cc(C(=O)N(CCC(=O)O)C(C)C)nn1C. The van der Waals surface area contributed by atoms with Crippen LogP contribution in [0.3, 0.4) is 0 Å². The van der Waals surface area contributed by atoms with Crippen molar-refractivity contribution < 1.29 is 14.7 Å². The summed E-state index contributed by atoms with van der Waals surface area (Å²) in [5.74, 6) is -1.14. The van der Waals surface area contributed by atoms with Gasteiger partial charge in [-0.15, -0.1) is 0 Å². The zero-order chi connectivity index (χ0) is 13.9. The number of carbonyl (C=O) groups excluding carboxylic acids is 1. The summed E-state index contributed by atoms with van der Waals surface area (Å²) in [5, 5.41) is 12.8. The number of carboxylic acids is 1. The molecule has 0 aliphatic heterocycles. The first kappa shape index (κ1) is 14.2. The third-order valence-corrected chi connectivity index (χ3v) is 2.78. The highest BCUT2D eigenvalue weighted by atomic mass is 16.4. The number of hydrogen-bond acceptors (Lipinski definition) is 3. The lowest BCUT2D eigenvalue weighted by Crippen LogP contribution is -2.38. The number of nitrogens with zero attached hydrogens (tertiary/aromatic N) is 3. The summed E-state index contributed by atoms with van der Waals surface area (Å²) >= 11 is 0. The van der Waals surface area contributed by atoms with Crippen molar-refractivity contribution in [1.29, 1.82) is 0 Å². The number of carbonyl (C=O) groups is 2. The minimum absolute atomic E-state index is 0.0563. The molecule has 0 unspecified atom stereocenters. The van der Waals surface area contributed by atoms with E-state index in [2.05, 4.69) is 5.10 Å². The molecule has 18 heavy (non-hydrogen) atoms. The van der Waals surface area contributed by atoms with Crippen LogP contribution >= 0.6 is 0 Å². The van der Waals surface area contributed by atoms with Gasteiger partial charge in [0.15, 0.2) is 5.69 Å². The third kappa shape index (κ3) is 3.32. The van der Waals surface area contributed by atoms with E-state index in [1.165, 1.54) is 4.90 Å². The maximum Gasteiger partial charge on any atom is 0.305 e. The Hall–Kier alpha value is -1.85. The summed E-state index contributed by atoms with van der Waals surface area (Å²) in [6.07, 6.45) is -0.0598. The zero-order valence-corrected chi connectivity index (χ0v) is 11.2. The maximum absolute atomic E-state index is 12.2. The molecule has 0 spiro atoms. The van der Waals surface area contributed by atoms with Gasteiger partial charge in [-0.2, -0.15) is 5.10 Å². The van der Waals surface area contributed by atoms with Crippen LogP contribution in [0.5, 0.6) is 0 Å². The van der Waals surface area contributed by atoms with E-state index < -0.39 is 5.97 Å². The lowest BCUT2D eigenvalue weighted by Gasteiger charge is -2.25. The summed E-state index contributed by atoms with van der Waals surface area (Å²) < 4.78 is 1.63. The van der Waals surface area contributed by atoms with Crippen LogP contribution in [-0.2, 0) is 11.8 Å². The first-order valence-corrected chi connectivity index (χ1v) is 5.86. The zero-order valence-electron chi connectivity index (χ0n) is 11.2. The minimum Gasteiger partial charge on any atom is -0.481 e. The van der Waals surface area contributed by atoms with Crippen molar-refractivity contribution in [3.8, 4) is 0 Å². The van der Waals surface area contributed by atoms with E-state index in [0.29, 0.717) is 5.69 Å². The molecule has 1 aromatic heterocycles.